The Morgan fingerprint density at radius 3 is 1.32 bits per heavy atom. The maximum atomic E-state index is 13.0. The molecule has 2 aliphatic heterocycles. The van der Waals surface area contributed by atoms with Crippen LogP contribution in [0.15, 0.2) is 122 Å². The van der Waals surface area contributed by atoms with Crippen LogP contribution in [0, 0.1) is 0 Å². The largest absolute Gasteiger partial charge is 0.462 e. The number of carbonyl (C=O) groups excluding carboxylic acids is 2. The zero-order chi connectivity index (χ0) is 52.4. The van der Waals surface area contributed by atoms with E-state index in [1.807, 2.05) is 12.2 Å². The van der Waals surface area contributed by atoms with Crippen molar-refractivity contribution in [2.45, 2.75) is 197 Å². The van der Waals surface area contributed by atoms with Gasteiger partial charge in [0.1, 0.15) is 55.4 Å². The fourth-order valence-electron chi connectivity index (χ4n) is 7.22. The number of unbranched alkanes of at least 4 members (excludes halogenated alkanes) is 4. The summed E-state index contributed by atoms with van der Waals surface area (Å²) in [6.07, 6.45) is 39.4. The molecule has 0 radical (unpaired) electrons. The molecule has 0 amide bonds. The maximum Gasteiger partial charge on any atom is 0.306 e. The molecule has 0 aromatic heterocycles. The van der Waals surface area contributed by atoms with Crippen LogP contribution in [0.2, 0.25) is 0 Å². The molecule has 11 atom stereocenters. The molecular weight excluding hydrogens is 925 g/mol. The summed E-state index contributed by atoms with van der Waals surface area (Å²) in [6, 6.07) is 0. The molecule has 0 aromatic carbocycles. The van der Waals surface area contributed by atoms with Gasteiger partial charge in [-0.1, -0.05) is 142 Å². The molecule has 2 rings (SSSR count). The second-order valence-electron chi connectivity index (χ2n) is 17.6. The fourth-order valence-corrected chi connectivity index (χ4v) is 7.22. The summed E-state index contributed by atoms with van der Waals surface area (Å²) in [7, 11) is 0. The van der Waals surface area contributed by atoms with E-state index in [9.17, 15) is 45.3 Å². The monoisotopic (exact) mass is 1010 g/mol. The second-order valence-corrected chi connectivity index (χ2v) is 17.6. The Morgan fingerprint density at radius 1 is 0.444 bits per heavy atom. The van der Waals surface area contributed by atoms with Crippen LogP contribution >= 0.6 is 0 Å². The number of esters is 2. The van der Waals surface area contributed by atoms with Crippen molar-refractivity contribution in [3.8, 4) is 0 Å². The number of allylic oxidation sites excluding steroid dienone is 20. The van der Waals surface area contributed by atoms with Crippen LogP contribution in [0.5, 0.6) is 0 Å². The van der Waals surface area contributed by atoms with Gasteiger partial charge in [0.15, 0.2) is 18.7 Å². The van der Waals surface area contributed by atoms with Gasteiger partial charge in [-0.15, -0.1) is 0 Å². The molecule has 0 aromatic rings. The lowest BCUT2D eigenvalue weighted by Gasteiger charge is -2.42. The van der Waals surface area contributed by atoms with Crippen LogP contribution in [-0.4, -0.2) is 142 Å². The van der Waals surface area contributed by atoms with Crippen molar-refractivity contribution in [2.24, 2.45) is 0 Å². The first-order valence-corrected chi connectivity index (χ1v) is 26.1. The van der Waals surface area contributed by atoms with E-state index in [0.717, 1.165) is 83.5 Å². The van der Waals surface area contributed by atoms with Crippen LogP contribution < -0.4 is 0 Å². The quantitative estimate of drug-likeness (QED) is 0.0178. The standard InChI is InChI=1S/C57H88O15/c1-3-5-7-9-11-13-15-17-19-21-22-24-25-27-29-31-33-35-37-39-48(59)67-42-45(70-49(60)40-38-36-34-32-30-28-26-23-20-18-16-14-12-10-8-6-4-2)43-68-56-55(66)53(64)51(62)47(72-56)44-69-57-54(65)52(63)50(61)46(41-58)71-57/h5-8,11-14,17-20,22,24,26-29,32,34,45-47,50-58,61-66H,3-4,9-10,15-16,21,23,25,30-31,33,35-44H2,1-2H3/b7-5+,8-6+,13-11+,14-12+,19-17+,20-18+,24-22+,28-26+,29-27+,34-32+/t45-,46+,47+,50-,51-,52?,53?,54?,55?,56+,57+/m0/s1. The Labute approximate surface area is 429 Å². The van der Waals surface area contributed by atoms with Gasteiger partial charge in [-0.2, -0.15) is 0 Å². The molecule has 7 N–H and O–H groups in total. The number of ether oxygens (including phenoxy) is 6. The van der Waals surface area contributed by atoms with Gasteiger partial charge in [0.2, 0.25) is 0 Å². The Hall–Kier alpha value is -4.10. The number of aliphatic hydroxyl groups is 7. The van der Waals surface area contributed by atoms with E-state index in [-0.39, 0.29) is 19.4 Å². The van der Waals surface area contributed by atoms with Gasteiger partial charge in [0.05, 0.1) is 19.8 Å². The van der Waals surface area contributed by atoms with Crippen molar-refractivity contribution in [1.82, 2.24) is 0 Å². The Balaban J connectivity index is 1.85. The van der Waals surface area contributed by atoms with E-state index in [2.05, 4.69) is 123 Å². The smallest absolute Gasteiger partial charge is 0.306 e. The summed E-state index contributed by atoms with van der Waals surface area (Å²) in [4.78, 5) is 25.8. The summed E-state index contributed by atoms with van der Waals surface area (Å²) < 4.78 is 33.5. The highest BCUT2D eigenvalue weighted by atomic mass is 16.7. The third-order valence-electron chi connectivity index (χ3n) is 11.4. The Morgan fingerprint density at radius 2 is 0.847 bits per heavy atom. The van der Waals surface area contributed by atoms with Gasteiger partial charge in [-0.05, 0) is 96.3 Å². The molecule has 2 fully saturated rings. The van der Waals surface area contributed by atoms with E-state index in [1.165, 1.54) is 0 Å². The SMILES string of the molecule is CC/C=C/C/C=C/C/C=C/C/C=C/C/C=C/CCCCCC(=O)OC[C@@H](CO[C@@H]1O[C@H](CO[C@@H]2O[C@H](CO)[C@H](O)C(O)C2O)[C@H](O)C(O)C1O)OC(=O)CCC/C=C/C/C=C/C/C=C/C/C=C/C/C=C/CC. The minimum absolute atomic E-state index is 0.0709. The average molecular weight is 1010 g/mol. The van der Waals surface area contributed by atoms with Crippen LogP contribution in [0.4, 0.5) is 0 Å². The van der Waals surface area contributed by atoms with E-state index in [0.29, 0.717) is 19.3 Å². The molecule has 0 spiro atoms. The van der Waals surface area contributed by atoms with Crippen LogP contribution in [0.25, 0.3) is 0 Å². The molecular formula is C57H88O15. The van der Waals surface area contributed by atoms with Gasteiger partial charge in [-0.25, -0.2) is 0 Å². The highest BCUT2D eigenvalue weighted by Gasteiger charge is 2.47. The van der Waals surface area contributed by atoms with Gasteiger partial charge in [0, 0.05) is 12.8 Å². The van der Waals surface area contributed by atoms with Crippen molar-refractivity contribution in [1.29, 1.82) is 0 Å². The summed E-state index contributed by atoms with van der Waals surface area (Å²) in [5.74, 6) is -1.05. The molecule has 0 saturated carbocycles. The number of hydrogen-bond donors (Lipinski definition) is 7. The van der Waals surface area contributed by atoms with Crippen LogP contribution in [-0.2, 0) is 38.0 Å². The predicted octanol–water partition coefficient (Wildman–Crippen LogP) is 7.71. The molecule has 4 unspecified atom stereocenters. The summed E-state index contributed by atoms with van der Waals surface area (Å²) in [5.41, 5.74) is 0. The minimum atomic E-state index is -1.79. The lowest BCUT2D eigenvalue weighted by atomic mass is 9.98. The van der Waals surface area contributed by atoms with Crippen molar-refractivity contribution < 1.29 is 73.8 Å². The lowest BCUT2D eigenvalue weighted by Crippen LogP contribution is -2.61. The highest BCUT2D eigenvalue weighted by Crippen LogP contribution is 2.26. The minimum Gasteiger partial charge on any atom is -0.462 e. The van der Waals surface area contributed by atoms with E-state index >= 15 is 0 Å². The maximum absolute atomic E-state index is 13.0. The van der Waals surface area contributed by atoms with Crippen LogP contribution in [0.1, 0.15) is 129 Å². The molecule has 2 heterocycles. The van der Waals surface area contributed by atoms with E-state index in [4.69, 9.17) is 28.4 Å². The molecule has 0 aliphatic carbocycles. The van der Waals surface area contributed by atoms with Gasteiger partial charge >= 0.3 is 11.9 Å². The molecule has 406 valence electrons. The summed E-state index contributed by atoms with van der Waals surface area (Å²) in [6.45, 7) is 2.23. The normalized spacial score (nSPS) is 26.0. The third-order valence-corrected chi connectivity index (χ3v) is 11.4. The number of aliphatic hydroxyl groups excluding tert-OH is 7. The topological polar surface area (TPSA) is 231 Å². The predicted molar refractivity (Wildman–Crippen MR) is 279 cm³/mol. The first-order valence-electron chi connectivity index (χ1n) is 26.1. The Bertz CT molecular complexity index is 1710. The molecule has 2 saturated heterocycles. The average Bonchev–Trinajstić information content (AvgIpc) is 3.37. The van der Waals surface area contributed by atoms with E-state index in [1.54, 1.807) is 0 Å². The van der Waals surface area contributed by atoms with Gasteiger partial charge in [0.25, 0.3) is 0 Å². The summed E-state index contributed by atoms with van der Waals surface area (Å²) in [5, 5.41) is 72.1. The van der Waals surface area contributed by atoms with Gasteiger partial charge < -0.3 is 64.2 Å². The number of carbonyl (C=O) groups is 2. The van der Waals surface area contributed by atoms with Crippen LogP contribution in [0.3, 0.4) is 0 Å². The van der Waals surface area contributed by atoms with Gasteiger partial charge in [-0.3, -0.25) is 9.59 Å². The molecule has 0 bridgehead atoms. The first kappa shape index (κ1) is 64.0. The zero-order valence-electron chi connectivity index (χ0n) is 42.9. The molecule has 72 heavy (non-hydrogen) atoms. The Kier molecular flexibility index (Phi) is 37.6. The van der Waals surface area contributed by atoms with Crippen molar-refractivity contribution in [2.75, 3.05) is 26.4 Å². The fraction of sp³-hybridized carbons (Fsp3) is 0.614. The third kappa shape index (κ3) is 29.6. The highest BCUT2D eigenvalue weighted by molar-refractivity contribution is 5.70. The second kappa shape index (κ2) is 42.3. The summed E-state index contributed by atoms with van der Waals surface area (Å²) >= 11 is 0. The number of hydrogen-bond acceptors (Lipinski definition) is 15. The first-order chi connectivity index (χ1) is 35.0. The van der Waals surface area contributed by atoms with E-state index < -0.39 is 99.3 Å². The molecule has 15 nitrogen and oxygen atoms in total. The lowest BCUT2D eigenvalue weighted by molar-refractivity contribution is -0.332. The number of rotatable bonds is 38. The molecule has 15 heteroatoms. The van der Waals surface area contributed by atoms with Crippen molar-refractivity contribution in [3.63, 3.8) is 0 Å². The van der Waals surface area contributed by atoms with Crippen molar-refractivity contribution >= 4 is 11.9 Å². The van der Waals surface area contributed by atoms with Crippen molar-refractivity contribution in [3.05, 3.63) is 122 Å². The zero-order valence-corrected chi connectivity index (χ0v) is 42.9. The molecule has 2 aliphatic rings.